The van der Waals surface area contributed by atoms with Gasteiger partial charge in [0.05, 0.1) is 6.20 Å². The average molecular weight is 341 g/mol. The SMILES string of the molecule is Cn1nncc1C(=O)NC1CCc2nnc(-c3ccc(F)cc3)n2C1. The number of nitrogens with zero attached hydrogens (tertiary/aromatic N) is 6. The standard InChI is InChI=1S/C16H16FN7O/c1-23-13(8-18-22-23)16(25)19-12-6-7-14-20-21-15(24(14)9-12)10-2-4-11(17)5-3-10/h2-5,8,12H,6-7,9H2,1H3,(H,19,25). The number of fused-ring (bicyclic) bond motifs is 1. The van der Waals surface area contributed by atoms with E-state index in [0.717, 1.165) is 17.8 Å². The molecule has 0 saturated heterocycles. The van der Waals surface area contributed by atoms with Crippen molar-refractivity contribution < 1.29 is 9.18 Å². The molecule has 1 atom stereocenters. The van der Waals surface area contributed by atoms with E-state index in [1.807, 2.05) is 4.57 Å². The summed E-state index contributed by atoms with van der Waals surface area (Å²) in [6.45, 7) is 0.562. The van der Waals surface area contributed by atoms with Gasteiger partial charge < -0.3 is 9.88 Å². The van der Waals surface area contributed by atoms with Crippen molar-refractivity contribution in [1.29, 1.82) is 0 Å². The zero-order valence-electron chi connectivity index (χ0n) is 13.6. The van der Waals surface area contributed by atoms with E-state index in [4.69, 9.17) is 0 Å². The Hall–Kier alpha value is -3.10. The minimum absolute atomic E-state index is 0.0508. The van der Waals surface area contributed by atoms with E-state index in [1.165, 1.54) is 23.0 Å². The van der Waals surface area contributed by atoms with Gasteiger partial charge in [0.15, 0.2) is 5.82 Å². The van der Waals surface area contributed by atoms with Crippen LogP contribution in [0, 0.1) is 5.82 Å². The molecule has 3 heterocycles. The second-order valence-electron chi connectivity index (χ2n) is 6.01. The molecule has 3 aromatic rings. The van der Waals surface area contributed by atoms with Crippen molar-refractivity contribution in [2.24, 2.45) is 7.05 Å². The van der Waals surface area contributed by atoms with E-state index in [-0.39, 0.29) is 17.8 Å². The van der Waals surface area contributed by atoms with Gasteiger partial charge in [-0.25, -0.2) is 9.07 Å². The van der Waals surface area contributed by atoms with Crippen molar-refractivity contribution >= 4 is 5.91 Å². The van der Waals surface area contributed by atoms with Gasteiger partial charge in [0.2, 0.25) is 0 Å². The topological polar surface area (TPSA) is 90.5 Å². The maximum atomic E-state index is 13.1. The summed E-state index contributed by atoms with van der Waals surface area (Å²) in [5.41, 5.74) is 1.20. The zero-order valence-corrected chi connectivity index (χ0v) is 13.6. The molecule has 9 heteroatoms. The first kappa shape index (κ1) is 15.4. The number of hydrogen-bond donors (Lipinski definition) is 1. The Balaban J connectivity index is 1.54. The molecule has 0 saturated carbocycles. The highest BCUT2D eigenvalue weighted by molar-refractivity contribution is 5.92. The van der Waals surface area contributed by atoms with Crippen LogP contribution >= 0.6 is 0 Å². The Morgan fingerprint density at radius 3 is 2.80 bits per heavy atom. The number of aromatic nitrogens is 6. The molecule has 0 spiro atoms. The Labute approximate surface area is 142 Å². The second kappa shape index (κ2) is 6.08. The van der Waals surface area contributed by atoms with E-state index in [9.17, 15) is 9.18 Å². The van der Waals surface area contributed by atoms with Crippen LogP contribution in [0.2, 0.25) is 0 Å². The molecule has 1 aromatic carbocycles. The molecular formula is C16H16FN7O. The van der Waals surface area contributed by atoms with Gasteiger partial charge in [0.1, 0.15) is 17.3 Å². The average Bonchev–Trinajstić information content (AvgIpc) is 3.21. The molecular weight excluding hydrogens is 325 g/mol. The van der Waals surface area contributed by atoms with Crippen molar-refractivity contribution in [3.8, 4) is 11.4 Å². The Morgan fingerprint density at radius 1 is 1.28 bits per heavy atom. The molecule has 128 valence electrons. The predicted octanol–water partition coefficient (Wildman–Crippen LogP) is 0.957. The summed E-state index contributed by atoms with van der Waals surface area (Å²) < 4.78 is 16.5. The van der Waals surface area contributed by atoms with Crippen molar-refractivity contribution in [3.05, 3.63) is 47.8 Å². The highest BCUT2D eigenvalue weighted by Gasteiger charge is 2.25. The molecule has 1 amide bonds. The first-order valence-corrected chi connectivity index (χ1v) is 7.95. The number of rotatable bonds is 3. The van der Waals surface area contributed by atoms with Gasteiger partial charge >= 0.3 is 0 Å². The van der Waals surface area contributed by atoms with Gasteiger partial charge in [-0.3, -0.25) is 4.79 Å². The van der Waals surface area contributed by atoms with E-state index in [0.29, 0.717) is 24.5 Å². The van der Waals surface area contributed by atoms with Crippen LogP contribution in [0.15, 0.2) is 30.5 Å². The molecule has 0 fully saturated rings. The molecule has 4 rings (SSSR count). The number of aryl methyl sites for hydroxylation is 2. The molecule has 1 unspecified atom stereocenters. The van der Waals surface area contributed by atoms with E-state index < -0.39 is 0 Å². The van der Waals surface area contributed by atoms with Crippen molar-refractivity contribution in [2.75, 3.05) is 0 Å². The molecule has 8 nitrogen and oxygen atoms in total. The lowest BCUT2D eigenvalue weighted by molar-refractivity contribution is 0.0918. The first-order chi connectivity index (χ1) is 12.1. The summed E-state index contributed by atoms with van der Waals surface area (Å²) in [6, 6.07) is 6.10. The summed E-state index contributed by atoms with van der Waals surface area (Å²) in [6.07, 6.45) is 2.92. The Bertz CT molecular complexity index is 915. The summed E-state index contributed by atoms with van der Waals surface area (Å²) in [7, 11) is 1.67. The highest BCUT2D eigenvalue weighted by atomic mass is 19.1. The van der Waals surface area contributed by atoms with Gasteiger partial charge in [-0.2, -0.15) is 0 Å². The van der Waals surface area contributed by atoms with Gasteiger partial charge in [-0.05, 0) is 30.7 Å². The summed E-state index contributed by atoms with van der Waals surface area (Å²) in [4.78, 5) is 12.3. The van der Waals surface area contributed by atoms with Crippen LogP contribution in [0.3, 0.4) is 0 Å². The van der Waals surface area contributed by atoms with Gasteiger partial charge in [0.25, 0.3) is 5.91 Å². The fourth-order valence-corrected chi connectivity index (χ4v) is 3.01. The smallest absolute Gasteiger partial charge is 0.271 e. The van der Waals surface area contributed by atoms with Gasteiger partial charge in [0, 0.05) is 31.6 Å². The number of amides is 1. The Kier molecular flexibility index (Phi) is 3.75. The summed E-state index contributed by atoms with van der Waals surface area (Å²) in [5, 5.41) is 18.9. The fourth-order valence-electron chi connectivity index (χ4n) is 3.01. The van der Waals surface area contributed by atoms with Crippen LogP contribution in [0.25, 0.3) is 11.4 Å². The monoisotopic (exact) mass is 341 g/mol. The maximum absolute atomic E-state index is 13.1. The molecule has 0 aliphatic carbocycles. The number of benzene rings is 1. The van der Waals surface area contributed by atoms with Crippen molar-refractivity contribution in [2.45, 2.75) is 25.4 Å². The molecule has 1 N–H and O–H groups in total. The summed E-state index contributed by atoms with van der Waals surface area (Å²) >= 11 is 0. The van der Waals surface area contributed by atoms with Crippen molar-refractivity contribution in [1.82, 2.24) is 35.1 Å². The lowest BCUT2D eigenvalue weighted by Crippen LogP contribution is -2.41. The largest absolute Gasteiger partial charge is 0.346 e. The van der Waals surface area contributed by atoms with Crippen LogP contribution in [0.1, 0.15) is 22.7 Å². The Morgan fingerprint density at radius 2 is 2.08 bits per heavy atom. The molecule has 25 heavy (non-hydrogen) atoms. The zero-order chi connectivity index (χ0) is 17.4. The molecule has 2 aromatic heterocycles. The van der Waals surface area contributed by atoms with Crippen LogP contribution in [0.5, 0.6) is 0 Å². The van der Waals surface area contributed by atoms with Crippen LogP contribution in [0.4, 0.5) is 4.39 Å². The molecule has 0 radical (unpaired) electrons. The fraction of sp³-hybridized carbons (Fsp3) is 0.312. The van der Waals surface area contributed by atoms with Gasteiger partial charge in [-0.15, -0.1) is 15.3 Å². The number of halogens is 1. The van der Waals surface area contributed by atoms with Crippen molar-refractivity contribution in [3.63, 3.8) is 0 Å². The molecule has 0 bridgehead atoms. The maximum Gasteiger partial charge on any atom is 0.271 e. The lowest BCUT2D eigenvalue weighted by Gasteiger charge is -2.25. The number of carbonyl (C=O) groups is 1. The van der Waals surface area contributed by atoms with Gasteiger partial charge in [-0.1, -0.05) is 5.21 Å². The normalized spacial score (nSPS) is 16.5. The number of hydrogen-bond acceptors (Lipinski definition) is 5. The third-order valence-corrected chi connectivity index (χ3v) is 4.33. The quantitative estimate of drug-likeness (QED) is 0.766. The number of nitrogens with one attached hydrogen (secondary N) is 1. The predicted molar refractivity (Wildman–Crippen MR) is 86.0 cm³/mol. The summed E-state index contributed by atoms with van der Waals surface area (Å²) in [5.74, 6) is 1.04. The van der Waals surface area contributed by atoms with E-state index >= 15 is 0 Å². The van der Waals surface area contributed by atoms with Crippen LogP contribution in [-0.2, 0) is 20.0 Å². The minimum Gasteiger partial charge on any atom is -0.346 e. The first-order valence-electron chi connectivity index (χ1n) is 7.95. The lowest BCUT2D eigenvalue weighted by atomic mass is 10.1. The molecule has 1 aliphatic heterocycles. The second-order valence-corrected chi connectivity index (χ2v) is 6.01. The van der Waals surface area contributed by atoms with Crippen LogP contribution in [-0.4, -0.2) is 41.7 Å². The third kappa shape index (κ3) is 2.88. The highest BCUT2D eigenvalue weighted by Crippen LogP contribution is 2.23. The minimum atomic E-state index is -0.294. The van der Waals surface area contributed by atoms with Crippen LogP contribution < -0.4 is 5.32 Å². The third-order valence-electron chi connectivity index (χ3n) is 4.33. The van der Waals surface area contributed by atoms with E-state index in [2.05, 4.69) is 25.8 Å². The van der Waals surface area contributed by atoms with E-state index in [1.54, 1.807) is 19.2 Å². The number of carbonyl (C=O) groups excluding carboxylic acids is 1. The molecule has 1 aliphatic rings.